The summed E-state index contributed by atoms with van der Waals surface area (Å²) in [5, 5.41) is 9.21. The van der Waals surface area contributed by atoms with Gasteiger partial charge in [0.05, 0.1) is 6.61 Å². The number of hydrogen-bond acceptors (Lipinski definition) is 3. The van der Waals surface area contributed by atoms with Crippen LogP contribution >= 0.6 is 0 Å². The quantitative estimate of drug-likeness (QED) is 0.589. The van der Waals surface area contributed by atoms with Crippen LogP contribution in [0.5, 0.6) is 0 Å². The van der Waals surface area contributed by atoms with Gasteiger partial charge in [0, 0.05) is 18.0 Å². The van der Waals surface area contributed by atoms with Crippen LogP contribution in [0.1, 0.15) is 18.9 Å². The van der Waals surface area contributed by atoms with Crippen molar-refractivity contribution in [2.24, 2.45) is 0 Å². The fourth-order valence-corrected chi connectivity index (χ4v) is 1.26. The van der Waals surface area contributed by atoms with Crippen molar-refractivity contribution in [3.05, 3.63) is 42.7 Å². The molecule has 16 heavy (non-hydrogen) atoms. The Hall–Kier alpha value is -1.68. The summed E-state index contributed by atoms with van der Waals surface area (Å²) in [4.78, 5) is 15.1. The van der Waals surface area contributed by atoms with Gasteiger partial charge in [-0.25, -0.2) is 4.79 Å². The molecular weight excluding hydrogens is 206 g/mol. The second-order valence-corrected chi connectivity index (χ2v) is 3.51. The van der Waals surface area contributed by atoms with E-state index in [9.17, 15) is 9.90 Å². The van der Waals surface area contributed by atoms with Gasteiger partial charge in [0.2, 0.25) is 0 Å². The van der Waals surface area contributed by atoms with Crippen LogP contribution in [0.4, 0.5) is 0 Å². The molecule has 0 aliphatic rings. The molecule has 0 saturated carbocycles. The van der Waals surface area contributed by atoms with Crippen molar-refractivity contribution in [1.29, 1.82) is 0 Å². The summed E-state index contributed by atoms with van der Waals surface area (Å²) in [6.07, 6.45) is 5.40. The van der Waals surface area contributed by atoms with E-state index in [1.165, 1.54) is 13.1 Å². The van der Waals surface area contributed by atoms with Gasteiger partial charge in [-0.3, -0.25) is 4.98 Å². The topological polar surface area (TPSA) is 59.4 Å². The Kier molecular flexibility index (Phi) is 4.19. The molecule has 1 rings (SSSR count). The molecule has 1 N–H and O–H groups in total. The van der Waals surface area contributed by atoms with Gasteiger partial charge < -0.3 is 9.84 Å². The zero-order valence-corrected chi connectivity index (χ0v) is 9.22. The number of carbonyl (C=O) groups is 1. The highest BCUT2D eigenvalue weighted by Gasteiger charge is 2.36. The molecule has 0 saturated heterocycles. The number of aromatic nitrogens is 1. The Labute approximate surface area is 94.6 Å². The van der Waals surface area contributed by atoms with Crippen LogP contribution in [0.15, 0.2) is 37.2 Å². The highest BCUT2D eigenvalue weighted by Crippen LogP contribution is 2.25. The number of rotatable bonds is 6. The first-order valence-electron chi connectivity index (χ1n) is 5.00. The minimum atomic E-state index is -1.35. The zero-order chi connectivity index (χ0) is 12.0. The molecule has 4 heteroatoms. The number of hydrogen-bond donors (Lipinski definition) is 1. The highest BCUT2D eigenvalue weighted by molar-refractivity contribution is 5.78. The molecule has 1 atom stereocenters. The standard InChI is InChI=1S/C12H15NO3/c1-3-4-8-16-12(2,11(14)15)10-6-5-7-13-9-10/h3,5-7,9H,1,4,8H2,2H3,(H,14,15). The molecule has 0 fully saturated rings. The van der Waals surface area contributed by atoms with Crippen molar-refractivity contribution < 1.29 is 14.6 Å². The van der Waals surface area contributed by atoms with E-state index in [1.54, 1.807) is 24.4 Å². The molecule has 0 aliphatic heterocycles. The molecule has 0 radical (unpaired) electrons. The maximum atomic E-state index is 11.2. The molecule has 0 aromatic carbocycles. The Balaban J connectivity index is 2.89. The van der Waals surface area contributed by atoms with Gasteiger partial charge in [0.1, 0.15) is 0 Å². The molecule has 0 spiro atoms. The predicted molar refractivity (Wildman–Crippen MR) is 60.0 cm³/mol. The average molecular weight is 221 g/mol. The summed E-state index contributed by atoms with van der Waals surface area (Å²) < 4.78 is 5.41. The summed E-state index contributed by atoms with van der Waals surface area (Å²) in [6, 6.07) is 3.38. The van der Waals surface area contributed by atoms with Gasteiger partial charge >= 0.3 is 5.97 Å². The molecular formula is C12H15NO3. The molecule has 1 aromatic rings. The number of pyridine rings is 1. The minimum Gasteiger partial charge on any atom is -0.479 e. The number of ether oxygens (including phenoxy) is 1. The van der Waals surface area contributed by atoms with Crippen molar-refractivity contribution >= 4 is 5.97 Å². The van der Waals surface area contributed by atoms with Crippen LogP contribution in [-0.4, -0.2) is 22.7 Å². The van der Waals surface area contributed by atoms with Gasteiger partial charge in [-0.05, 0) is 19.4 Å². The number of nitrogens with zero attached hydrogens (tertiary/aromatic N) is 1. The third-order valence-electron chi connectivity index (χ3n) is 2.33. The van der Waals surface area contributed by atoms with E-state index in [2.05, 4.69) is 11.6 Å². The highest BCUT2D eigenvalue weighted by atomic mass is 16.5. The van der Waals surface area contributed by atoms with Crippen molar-refractivity contribution in [2.45, 2.75) is 18.9 Å². The molecule has 1 aromatic heterocycles. The summed E-state index contributed by atoms with van der Waals surface area (Å²) in [5.41, 5.74) is -0.816. The lowest BCUT2D eigenvalue weighted by Gasteiger charge is -2.25. The maximum Gasteiger partial charge on any atom is 0.340 e. The van der Waals surface area contributed by atoms with Gasteiger partial charge in [-0.1, -0.05) is 12.1 Å². The predicted octanol–water partition coefficient (Wildman–Crippen LogP) is 1.97. The third kappa shape index (κ3) is 2.67. The lowest BCUT2D eigenvalue weighted by molar-refractivity contribution is -0.165. The van der Waals surface area contributed by atoms with E-state index < -0.39 is 11.6 Å². The lowest BCUT2D eigenvalue weighted by atomic mass is 9.98. The van der Waals surface area contributed by atoms with Gasteiger partial charge in [0.15, 0.2) is 5.60 Å². The van der Waals surface area contributed by atoms with Gasteiger partial charge in [0.25, 0.3) is 0 Å². The largest absolute Gasteiger partial charge is 0.479 e. The van der Waals surface area contributed by atoms with Crippen LogP contribution < -0.4 is 0 Å². The molecule has 4 nitrogen and oxygen atoms in total. The van der Waals surface area contributed by atoms with Crippen LogP contribution in [0.25, 0.3) is 0 Å². The minimum absolute atomic E-state index is 0.321. The zero-order valence-electron chi connectivity index (χ0n) is 9.22. The van der Waals surface area contributed by atoms with E-state index in [4.69, 9.17) is 4.74 Å². The number of aliphatic carboxylic acids is 1. The second-order valence-electron chi connectivity index (χ2n) is 3.51. The lowest BCUT2D eigenvalue weighted by Crippen LogP contribution is -2.35. The Morgan fingerprint density at radius 3 is 3.00 bits per heavy atom. The maximum absolute atomic E-state index is 11.2. The summed E-state index contributed by atoms with van der Waals surface area (Å²) in [7, 11) is 0. The first-order chi connectivity index (χ1) is 7.61. The summed E-state index contributed by atoms with van der Waals surface area (Å²) >= 11 is 0. The smallest absolute Gasteiger partial charge is 0.340 e. The van der Waals surface area contributed by atoms with Crippen molar-refractivity contribution in [2.75, 3.05) is 6.61 Å². The summed E-state index contributed by atoms with van der Waals surface area (Å²) in [5.74, 6) is -1.02. The molecule has 86 valence electrons. The Morgan fingerprint density at radius 2 is 2.50 bits per heavy atom. The SMILES string of the molecule is C=CCCOC(C)(C(=O)O)c1cccnc1. The normalized spacial score (nSPS) is 14.1. The molecule has 1 unspecified atom stereocenters. The fraction of sp³-hybridized carbons (Fsp3) is 0.333. The van der Waals surface area contributed by atoms with E-state index in [1.807, 2.05) is 0 Å². The van der Waals surface area contributed by atoms with Gasteiger partial charge in [-0.2, -0.15) is 0 Å². The van der Waals surface area contributed by atoms with Crippen LogP contribution in [0, 0.1) is 0 Å². The number of carboxylic acid groups (broad SMARTS) is 1. The van der Waals surface area contributed by atoms with Crippen LogP contribution in [0.3, 0.4) is 0 Å². The fourth-order valence-electron chi connectivity index (χ4n) is 1.26. The van der Waals surface area contributed by atoms with Gasteiger partial charge in [-0.15, -0.1) is 6.58 Å². The molecule has 0 aliphatic carbocycles. The van der Waals surface area contributed by atoms with Crippen molar-refractivity contribution in [3.8, 4) is 0 Å². The molecule has 0 bridgehead atoms. The summed E-state index contributed by atoms with van der Waals surface area (Å²) in [6.45, 7) is 5.40. The van der Waals surface area contributed by atoms with E-state index in [0.29, 0.717) is 18.6 Å². The van der Waals surface area contributed by atoms with Crippen LogP contribution in [-0.2, 0) is 15.1 Å². The van der Waals surface area contributed by atoms with Crippen molar-refractivity contribution in [3.63, 3.8) is 0 Å². The Bertz CT molecular complexity index is 364. The van der Waals surface area contributed by atoms with Crippen molar-refractivity contribution in [1.82, 2.24) is 4.98 Å². The molecule has 0 amide bonds. The first-order valence-corrected chi connectivity index (χ1v) is 5.00. The molecule has 1 heterocycles. The van der Waals surface area contributed by atoms with E-state index in [0.717, 1.165) is 0 Å². The monoisotopic (exact) mass is 221 g/mol. The first kappa shape index (κ1) is 12.4. The Morgan fingerprint density at radius 1 is 1.75 bits per heavy atom. The van der Waals surface area contributed by atoms with E-state index >= 15 is 0 Å². The van der Waals surface area contributed by atoms with E-state index in [-0.39, 0.29) is 0 Å². The third-order valence-corrected chi connectivity index (χ3v) is 2.33. The van der Waals surface area contributed by atoms with Crippen LogP contribution in [0.2, 0.25) is 0 Å². The second kappa shape index (κ2) is 5.42. The number of carboxylic acids is 1. The average Bonchev–Trinajstić information content (AvgIpc) is 2.30.